The summed E-state index contributed by atoms with van der Waals surface area (Å²) in [5.41, 5.74) is 1.49. The first-order chi connectivity index (χ1) is 14.9. The van der Waals surface area contributed by atoms with Gasteiger partial charge in [-0.2, -0.15) is 5.10 Å². The molecule has 0 fully saturated rings. The van der Waals surface area contributed by atoms with Crippen molar-refractivity contribution in [3.05, 3.63) is 77.1 Å². The SMILES string of the molecule is COc1cn(-c2ccccc2)nc1C(=O)NC(CC(=O)OC(C)C)c1ccccc1Cl. The smallest absolute Gasteiger partial charge is 0.308 e. The molecule has 1 N–H and O–H groups in total. The number of ether oxygens (including phenoxy) is 2. The van der Waals surface area contributed by atoms with Crippen molar-refractivity contribution in [3.63, 3.8) is 0 Å². The fourth-order valence-electron chi connectivity index (χ4n) is 3.08. The van der Waals surface area contributed by atoms with Gasteiger partial charge in [0.05, 0.1) is 37.6 Å². The molecule has 1 amide bonds. The fourth-order valence-corrected chi connectivity index (χ4v) is 3.35. The molecule has 3 rings (SSSR count). The number of esters is 1. The van der Waals surface area contributed by atoms with Gasteiger partial charge in [0.15, 0.2) is 11.4 Å². The summed E-state index contributed by atoms with van der Waals surface area (Å²) in [5, 5.41) is 7.67. The summed E-state index contributed by atoms with van der Waals surface area (Å²) in [6, 6.07) is 15.7. The molecular formula is C23H24ClN3O4. The number of carbonyl (C=O) groups is 2. The zero-order chi connectivity index (χ0) is 22.4. The summed E-state index contributed by atoms with van der Waals surface area (Å²) in [6.07, 6.45) is 1.29. The standard InChI is InChI=1S/C23H24ClN3O4/c1-15(2)31-21(28)13-19(17-11-7-8-12-18(17)24)25-23(29)22-20(30-3)14-27(26-22)16-9-5-4-6-10-16/h4-12,14-15,19H,13H2,1-3H3,(H,25,29). The average molecular weight is 442 g/mol. The van der Waals surface area contributed by atoms with Crippen LogP contribution < -0.4 is 10.1 Å². The summed E-state index contributed by atoms with van der Waals surface area (Å²) >= 11 is 6.33. The highest BCUT2D eigenvalue weighted by Crippen LogP contribution is 2.27. The van der Waals surface area contributed by atoms with Gasteiger partial charge >= 0.3 is 5.97 Å². The second-order valence-electron chi connectivity index (χ2n) is 7.12. The van der Waals surface area contributed by atoms with Crippen molar-refractivity contribution >= 4 is 23.5 Å². The molecule has 2 aromatic carbocycles. The molecule has 0 aliphatic heterocycles. The maximum Gasteiger partial charge on any atom is 0.308 e. The Bertz CT molecular complexity index is 1050. The molecule has 0 aliphatic rings. The number of aromatic nitrogens is 2. The van der Waals surface area contributed by atoms with E-state index in [1.165, 1.54) is 7.11 Å². The molecule has 162 valence electrons. The molecule has 0 aliphatic carbocycles. The molecular weight excluding hydrogens is 418 g/mol. The lowest BCUT2D eigenvalue weighted by Gasteiger charge is -2.20. The number of amides is 1. The third-order valence-electron chi connectivity index (χ3n) is 4.46. The predicted molar refractivity (Wildman–Crippen MR) is 118 cm³/mol. The predicted octanol–water partition coefficient (Wildman–Crippen LogP) is 4.35. The zero-order valence-electron chi connectivity index (χ0n) is 17.5. The highest BCUT2D eigenvalue weighted by Gasteiger charge is 2.26. The number of halogens is 1. The van der Waals surface area contributed by atoms with E-state index in [1.54, 1.807) is 49.0 Å². The van der Waals surface area contributed by atoms with E-state index >= 15 is 0 Å². The minimum atomic E-state index is -0.695. The molecule has 1 aromatic heterocycles. The number of hydrogen-bond donors (Lipinski definition) is 1. The molecule has 31 heavy (non-hydrogen) atoms. The number of para-hydroxylation sites is 1. The highest BCUT2D eigenvalue weighted by atomic mass is 35.5. The Morgan fingerprint density at radius 1 is 1.10 bits per heavy atom. The average Bonchev–Trinajstić information content (AvgIpc) is 3.18. The van der Waals surface area contributed by atoms with E-state index in [2.05, 4.69) is 10.4 Å². The van der Waals surface area contributed by atoms with Crippen LogP contribution in [-0.4, -0.2) is 34.9 Å². The first-order valence-corrected chi connectivity index (χ1v) is 10.2. The largest absolute Gasteiger partial charge is 0.493 e. The highest BCUT2D eigenvalue weighted by molar-refractivity contribution is 6.31. The molecule has 1 heterocycles. The first kappa shape index (κ1) is 22.4. The van der Waals surface area contributed by atoms with Crippen LogP contribution in [0.2, 0.25) is 5.02 Å². The monoisotopic (exact) mass is 441 g/mol. The van der Waals surface area contributed by atoms with Gasteiger partial charge in [0, 0.05) is 5.02 Å². The normalized spacial score (nSPS) is 11.8. The molecule has 7 nitrogen and oxygen atoms in total. The van der Waals surface area contributed by atoms with Crippen molar-refractivity contribution in [1.82, 2.24) is 15.1 Å². The van der Waals surface area contributed by atoms with Crippen LogP contribution in [0.1, 0.15) is 42.4 Å². The van der Waals surface area contributed by atoms with Gasteiger partial charge in [-0.15, -0.1) is 0 Å². The number of hydrogen-bond acceptors (Lipinski definition) is 5. The second kappa shape index (κ2) is 10.1. The fraction of sp³-hybridized carbons (Fsp3) is 0.261. The minimum Gasteiger partial charge on any atom is -0.493 e. The van der Waals surface area contributed by atoms with E-state index in [9.17, 15) is 9.59 Å². The van der Waals surface area contributed by atoms with Gasteiger partial charge in [0.2, 0.25) is 0 Å². The molecule has 0 spiro atoms. The van der Waals surface area contributed by atoms with Crippen molar-refractivity contribution in [2.45, 2.75) is 32.4 Å². The van der Waals surface area contributed by atoms with Crippen LogP contribution in [0.25, 0.3) is 5.69 Å². The number of carbonyl (C=O) groups excluding carboxylic acids is 2. The Morgan fingerprint density at radius 2 is 1.77 bits per heavy atom. The lowest BCUT2D eigenvalue weighted by molar-refractivity contribution is -0.147. The van der Waals surface area contributed by atoms with Gasteiger partial charge in [-0.3, -0.25) is 9.59 Å². The van der Waals surface area contributed by atoms with Gasteiger partial charge in [0.25, 0.3) is 5.91 Å². The number of benzene rings is 2. The second-order valence-corrected chi connectivity index (χ2v) is 7.52. The van der Waals surface area contributed by atoms with Crippen molar-refractivity contribution in [2.24, 2.45) is 0 Å². The quantitative estimate of drug-likeness (QED) is 0.525. The molecule has 8 heteroatoms. The molecule has 1 atom stereocenters. The Morgan fingerprint density at radius 3 is 2.42 bits per heavy atom. The number of nitrogens with one attached hydrogen (secondary N) is 1. The molecule has 0 saturated heterocycles. The summed E-state index contributed by atoms with van der Waals surface area (Å²) in [6.45, 7) is 3.53. The Balaban J connectivity index is 1.89. The van der Waals surface area contributed by atoms with Crippen LogP contribution in [0.3, 0.4) is 0 Å². The summed E-state index contributed by atoms with van der Waals surface area (Å²) in [5.74, 6) is -0.625. The lowest BCUT2D eigenvalue weighted by atomic mass is 10.0. The molecule has 3 aromatic rings. The molecule has 1 unspecified atom stereocenters. The van der Waals surface area contributed by atoms with E-state index in [0.717, 1.165) is 5.69 Å². The van der Waals surface area contributed by atoms with Crippen LogP contribution in [0, 0.1) is 0 Å². The van der Waals surface area contributed by atoms with Crippen LogP contribution in [0.5, 0.6) is 5.75 Å². The summed E-state index contributed by atoms with van der Waals surface area (Å²) in [7, 11) is 1.47. The van der Waals surface area contributed by atoms with Crippen molar-refractivity contribution < 1.29 is 19.1 Å². The zero-order valence-corrected chi connectivity index (χ0v) is 18.3. The van der Waals surface area contributed by atoms with Crippen LogP contribution in [-0.2, 0) is 9.53 Å². The minimum absolute atomic E-state index is 0.0740. The van der Waals surface area contributed by atoms with E-state index in [0.29, 0.717) is 16.3 Å². The van der Waals surface area contributed by atoms with Crippen LogP contribution in [0.4, 0.5) is 0 Å². The number of nitrogens with zero attached hydrogens (tertiary/aromatic N) is 2. The van der Waals surface area contributed by atoms with Gasteiger partial charge in [0.1, 0.15) is 0 Å². The third-order valence-corrected chi connectivity index (χ3v) is 4.80. The molecule has 0 bridgehead atoms. The summed E-state index contributed by atoms with van der Waals surface area (Å²) in [4.78, 5) is 25.4. The van der Waals surface area contributed by atoms with Crippen molar-refractivity contribution in [1.29, 1.82) is 0 Å². The lowest BCUT2D eigenvalue weighted by Crippen LogP contribution is -2.32. The van der Waals surface area contributed by atoms with Gasteiger partial charge in [-0.25, -0.2) is 4.68 Å². The van der Waals surface area contributed by atoms with Gasteiger partial charge in [-0.1, -0.05) is 48.0 Å². The van der Waals surface area contributed by atoms with E-state index < -0.39 is 17.9 Å². The van der Waals surface area contributed by atoms with E-state index in [4.69, 9.17) is 21.1 Å². The van der Waals surface area contributed by atoms with E-state index in [1.807, 2.05) is 30.3 Å². The third kappa shape index (κ3) is 5.64. The maximum absolute atomic E-state index is 13.1. The van der Waals surface area contributed by atoms with Crippen molar-refractivity contribution in [3.8, 4) is 11.4 Å². The topological polar surface area (TPSA) is 82.5 Å². The van der Waals surface area contributed by atoms with E-state index in [-0.39, 0.29) is 18.2 Å². The Hall–Kier alpha value is -3.32. The van der Waals surface area contributed by atoms with Crippen LogP contribution >= 0.6 is 11.6 Å². The Kier molecular flexibility index (Phi) is 7.31. The molecule has 0 radical (unpaired) electrons. The van der Waals surface area contributed by atoms with Crippen molar-refractivity contribution in [2.75, 3.05) is 7.11 Å². The number of methoxy groups -OCH3 is 1. The van der Waals surface area contributed by atoms with Gasteiger partial charge < -0.3 is 14.8 Å². The summed E-state index contributed by atoms with van der Waals surface area (Å²) < 4.78 is 12.2. The van der Waals surface area contributed by atoms with Crippen LogP contribution in [0.15, 0.2) is 60.8 Å². The number of rotatable bonds is 8. The Labute approximate surface area is 185 Å². The first-order valence-electron chi connectivity index (χ1n) is 9.83. The molecule has 0 saturated carbocycles. The van der Waals surface area contributed by atoms with Gasteiger partial charge in [-0.05, 0) is 37.6 Å². The maximum atomic E-state index is 13.1.